The Morgan fingerprint density at radius 3 is 2.40 bits per heavy atom. The maximum atomic E-state index is 5.65. The maximum absolute atomic E-state index is 5.65. The summed E-state index contributed by atoms with van der Waals surface area (Å²) in [5, 5.41) is 6.61. The fourth-order valence-corrected chi connectivity index (χ4v) is 1.74. The fourth-order valence-electron chi connectivity index (χ4n) is 1.74. The van der Waals surface area contributed by atoms with Gasteiger partial charge in [-0.2, -0.15) is 0 Å². The molecule has 1 aromatic rings. The molecule has 0 aliphatic heterocycles. The molecule has 0 unspecified atom stereocenters. The van der Waals surface area contributed by atoms with Gasteiger partial charge in [0, 0.05) is 20.1 Å². The lowest BCUT2D eigenvalue weighted by molar-refractivity contribution is 0.307. The Labute approximate surface area is 122 Å². The topological polar surface area (TPSA) is 45.7 Å². The Kier molecular flexibility index (Phi) is 9.11. The summed E-state index contributed by atoms with van der Waals surface area (Å²) in [5.41, 5.74) is 0. The Hall–Kier alpha value is -1.71. The smallest absolute Gasteiger partial charge is 0.190 e. The van der Waals surface area contributed by atoms with E-state index in [1.807, 2.05) is 30.3 Å². The van der Waals surface area contributed by atoms with Gasteiger partial charge >= 0.3 is 0 Å². The second-order valence-electron chi connectivity index (χ2n) is 4.65. The van der Waals surface area contributed by atoms with E-state index in [1.54, 1.807) is 7.05 Å². The van der Waals surface area contributed by atoms with Crippen molar-refractivity contribution in [1.82, 2.24) is 10.6 Å². The highest BCUT2D eigenvalue weighted by Crippen LogP contribution is 2.08. The molecule has 112 valence electrons. The van der Waals surface area contributed by atoms with Gasteiger partial charge in [-0.25, -0.2) is 0 Å². The van der Waals surface area contributed by atoms with Crippen molar-refractivity contribution in [1.29, 1.82) is 0 Å². The number of hydrogen-bond acceptors (Lipinski definition) is 2. The summed E-state index contributed by atoms with van der Waals surface area (Å²) >= 11 is 0. The van der Waals surface area contributed by atoms with E-state index in [0.29, 0.717) is 0 Å². The van der Waals surface area contributed by atoms with Crippen LogP contribution in [0.5, 0.6) is 5.75 Å². The molecule has 4 heteroatoms. The second kappa shape index (κ2) is 11.1. The number of guanidine groups is 1. The van der Waals surface area contributed by atoms with Crippen LogP contribution in [0.1, 0.15) is 32.6 Å². The summed E-state index contributed by atoms with van der Waals surface area (Å²) in [6, 6.07) is 9.94. The molecule has 0 aliphatic rings. The predicted octanol–water partition coefficient (Wildman–Crippen LogP) is 2.81. The monoisotopic (exact) mass is 277 g/mol. The number of hydrogen-bond donors (Lipinski definition) is 2. The van der Waals surface area contributed by atoms with E-state index in [-0.39, 0.29) is 0 Å². The number of nitrogens with one attached hydrogen (secondary N) is 2. The number of aliphatic imine (C=N–C) groups is 1. The van der Waals surface area contributed by atoms with Gasteiger partial charge in [0.1, 0.15) is 5.75 Å². The number of nitrogens with zero attached hydrogens (tertiary/aromatic N) is 1. The van der Waals surface area contributed by atoms with Gasteiger partial charge in [0.25, 0.3) is 0 Å². The van der Waals surface area contributed by atoms with Crippen LogP contribution in [0.25, 0.3) is 0 Å². The highest BCUT2D eigenvalue weighted by Gasteiger charge is 1.96. The van der Waals surface area contributed by atoms with Crippen LogP contribution in [0, 0.1) is 0 Å². The van der Waals surface area contributed by atoms with Gasteiger partial charge in [-0.15, -0.1) is 0 Å². The standard InChI is InChI=1S/C16H27N3O/c1-3-4-12-18-16(17-2)19-13-8-9-14-20-15-10-6-5-7-11-15/h5-7,10-11H,3-4,8-9,12-14H2,1-2H3,(H2,17,18,19). The quantitative estimate of drug-likeness (QED) is 0.414. The van der Waals surface area contributed by atoms with Gasteiger partial charge in [-0.1, -0.05) is 31.5 Å². The minimum absolute atomic E-state index is 0.757. The summed E-state index contributed by atoms with van der Waals surface area (Å²) in [7, 11) is 1.81. The molecule has 1 rings (SSSR count). The van der Waals surface area contributed by atoms with E-state index in [2.05, 4.69) is 22.5 Å². The van der Waals surface area contributed by atoms with Gasteiger partial charge in [0.15, 0.2) is 5.96 Å². The summed E-state index contributed by atoms with van der Waals surface area (Å²) in [5.74, 6) is 1.83. The number of ether oxygens (including phenoxy) is 1. The predicted molar refractivity (Wildman–Crippen MR) is 85.4 cm³/mol. The normalized spacial score (nSPS) is 11.2. The SMILES string of the molecule is CCCCNC(=NC)NCCCCOc1ccccc1. The van der Waals surface area contributed by atoms with Gasteiger partial charge < -0.3 is 15.4 Å². The van der Waals surface area contributed by atoms with E-state index in [0.717, 1.165) is 44.2 Å². The van der Waals surface area contributed by atoms with E-state index in [4.69, 9.17) is 4.74 Å². The molecule has 0 atom stereocenters. The van der Waals surface area contributed by atoms with Crippen LogP contribution in [-0.2, 0) is 0 Å². The zero-order valence-corrected chi connectivity index (χ0v) is 12.7. The van der Waals surface area contributed by atoms with E-state index >= 15 is 0 Å². The maximum Gasteiger partial charge on any atom is 0.190 e. The summed E-state index contributed by atoms with van der Waals surface area (Å²) in [6.07, 6.45) is 4.47. The Morgan fingerprint density at radius 1 is 1.05 bits per heavy atom. The molecule has 0 saturated heterocycles. The first kappa shape index (κ1) is 16.3. The second-order valence-corrected chi connectivity index (χ2v) is 4.65. The molecule has 0 spiro atoms. The third kappa shape index (κ3) is 7.67. The summed E-state index contributed by atoms with van der Waals surface area (Å²) in [6.45, 7) is 4.84. The molecule has 4 nitrogen and oxygen atoms in total. The van der Waals surface area contributed by atoms with Crippen LogP contribution in [-0.4, -0.2) is 32.7 Å². The minimum Gasteiger partial charge on any atom is -0.494 e. The first-order valence-corrected chi connectivity index (χ1v) is 7.49. The van der Waals surface area contributed by atoms with Gasteiger partial charge in [-0.05, 0) is 31.4 Å². The van der Waals surface area contributed by atoms with Crippen LogP contribution < -0.4 is 15.4 Å². The van der Waals surface area contributed by atoms with E-state index < -0.39 is 0 Å². The minimum atomic E-state index is 0.757. The van der Waals surface area contributed by atoms with Gasteiger partial charge in [0.05, 0.1) is 6.61 Å². The molecule has 0 radical (unpaired) electrons. The summed E-state index contributed by atoms with van der Waals surface area (Å²) in [4.78, 5) is 4.19. The molecule has 20 heavy (non-hydrogen) atoms. The van der Waals surface area contributed by atoms with Crippen LogP contribution in [0.15, 0.2) is 35.3 Å². The summed E-state index contributed by atoms with van der Waals surface area (Å²) < 4.78 is 5.65. The van der Waals surface area contributed by atoms with Crippen molar-refractivity contribution < 1.29 is 4.74 Å². The van der Waals surface area contributed by atoms with Crippen LogP contribution in [0.4, 0.5) is 0 Å². The third-order valence-corrected chi connectivity index (χ3v) is 2.92. The molecular formula is C16H27N3O. The van der Waals surface area contributed by atoms with Crippen LogP contribution in [0.2, 0.25) is 0 Å². The van der Waals surface area contributed by atoms with E-state index in [9.17, 15) is 0 Å². The molecule has 0 aromatic heterocycles. The largest absolute Gasteiger partial charge is 0.494 e. The molecule has 0 bridgehead atoms. The Bertz CT molecular complexity index is 365. The van der Waals surface area contributed by atoms with Crippen molar-refractivity contribution in [3.8, 4) is 5.75 Å². The Balaban J connectivity index is 2.01. The van der Waals surface area contributed by atoms with Crippen molar-refractivity contribution in [2.45, 2.75) is 32.6 Å². The van der Waals surface area contributed by atoms with Crippen molar-refractivity contribution >= 4 is 5.96 Å². The number of rotatable bonds is 9. The molecule has 1 aromatic carbocycles. The Morgan fingerprint density at radius 2 is 1.75 bits per heavy atom. The third-order valence-electron chi connectivity index (χ3n) is 2.92. The first-order valence-electron chi connectivity index (χ1n) is 7.49. The van der Waals surface area contributed by atoms with Crippen molar-refractivity contribution in [3.63, 3.8) is 0 Å². The van der Waals surface area contributed by atoms with Crippen molar-refractivity contribution in [2.75, 3.05) is 26.7 Å². The number of benzene rings is 1. The van der Waals surface area contributed by atoms with Crippen molar-refractivity contribution in [2.24, 2.45) is 4.99 Å². The molecular weight excluding hydrogens is 250 g/mol. The lowest BCUT2D eigenvalue weighted by Crippen LogP contribution is -2.38. The van der Waals surface area contributed by atoms with Crippen LogP contribution >= 0.6 is 0 Å². The average molecular weight is 277 g/mol. The number of unbranched alkanes of at least 4 members (excludes halogenated alkanes) is 2. The molecule has 2 N–H and O–H groups in total. The lowest BCUT2D eigenvalue weighted by atomic mass is 10.3. The average Bonchev–Trinajstić information content (AvgIpc) is 2.50. The van der Waals surface area contributed by atoms with Gasteiger partial charge in [0.2, 0.25) is 0 Å². The highest BCUT2D eigenvalue weighted by atomic mass is 16.5. The van der Waals surface area contributed by atoms with Crippen molar-refractivity contribution in [3.05, 3.63) is 30.3 Å². The molecule has 0 amide bonds. The first-order chi connectivity index (χ1) is 9.86. The molecule has 0 heterocycles. The lowest BCUT2D eigenvalue weighted by Gasteiger charge is -2.11. The van der Waals surface area contributed by atoms with Gasteiger partial charge in [-0.3, -0.25) is 4.99 Å². The highest BCUT2D eigenvalue weighted by molar-refractivity contribution is 5.79. The zero-order chi connectivity index (χ0) is 14.5. The van der Waals surface area contributed by atoms with Crippen LogP contribution in [0.3, 0.4) is 0 Å². The molecule has 0 saturated carbocycles. The number of para-hydroxylation sites is 1. The zero-order valence-electron chi connectivity index (χ0n) is 12.7. The molecule has 0 aliphatic carbocycles. The fraction of sp³-hybridized carbons (Fsp3) is 0.562. The van der Waals surface area contributed by atoms with E-state index in [1.165, 1.54) is 12.8 Å². The molecule has 0 fully saturated rings.